The number of pyridine rings is 1. The topological polar surface area (TPSA) is 77.8 Å². The quantitative estimate of drug-likeness (QED) is 0.469. The first-order valence-corrected chi connectivity index (χ1v) is 9.29. The summed E-state index contributed by atoms with van der Waals surface area (Å²) in [4.78, 5) is 32.1. The molecule has 142 valence electrons. The van der Waals surface area contributed by atoms with E-state index in [1.54, 1.807) is 6.07 Å². The van der Waals surface area contributed by atoms with Gasteiger partial charge in [0.2, 0.25) is 5.43 Å². The van der Waals surface area contributed by atoms with Crippen LogP contribution in [0.2, 0.25) is 0 Å². The van der Waals surface area contributed by atoms with Crippen molar-refractivity contribution in [3.63, 3.8) is 0 Å². The molecule has 1 amide bonds. The predicted molar refractivity (Wildman–Crippen MR) is 114 cm³/mol. The van der Waals surface area contributed by atoms with Crippen LogP contribution in [0.1, 0.15) is 42.3 Å². The van der Waals surface area contributed by atoms with Crippen LogP contribution in [0.15, 0.2) is 53.6 Å². The first-order valence-electron chi connectivity index (χ1n) is 9.29. The summed E-state index contributed by atoms with van der Waals surface area (Å²) in [6, 6.07) is 11.5. The summed E-state index contributed by atoms with van der Waals surface area (Å²) < 4.78 is 0. The van der Waals surface area contributed by atoms with Crippen molar-refractivity contribution in [3.05, 3.63) is 75.7 Å². The molecule has 2 aromatic heterocycles. The van der Waals surface area contributed by atoms with Crippen LogP contribution in [0.25, 0.3) is 21.8 Å². The molecule has 28 heavy (non-hydrogen) atoms. The van der Waals surface area contributed by atoms with E-state index in [1.807, 2.05) is 37.4 Å². The molecule has 0 aliphatic heterocycles. The van der Waals surface area contributed by atoms with Crippen molar-refractivity contribution < 1.29 is 4.79 Å². The van der Waals surface area contributed by atoms with E-state index in [0.29, 0.717) is 11.1 Å². The zero-order chi connectivity index (χ0) is 20.1. The smallest absolute Gasteiger partial charge is 0.261 e. The standard InChI is InChI=1S/C23H23N3O2/c1-13-6-5-7-15-20(13)25-12-16(21(15)27)22(28)26-19-11-18-14(8-9-24-18)10-17(19)23(2,3)4/h5-12,24H,1-4H3,(H,25,27)(H,26,28). The van der Waals surface area contributed by atoms with Crippen molar-refractivity contribution in [2.45, 2.75) is 33.1 Å². The molecule has 0 aliphatic rings. The first-order chi connectivity index (χ1) is 13.3. The molecule has 2 heterocycles. The molecule has 2 aromatic carbocycles. The molecule has 0 saturated heterocycles. The van der Waals surface area contributed by atoms with Crippen molar-refractivity contribution in [1.82, 2.24) is 9.97 Å². The third-order valence-electron chi connectivity index (χ3n) is 5.12. The summed E-state index contributed by atoms with van der Waals surface area (Å²) in [7, 11) is 0. The van der Waals surface area contributed by atoms with Gasteiger partial charge in [-0.05, 0) is 53.1 Å². The fraction of sp³-hybridized carbons (Fsp3) is 0.217. The predicted octanol–water partition coefficient (Wildman–Crippen LogP) is 4.87. The molecule has 5 heteroatoms. The molecule has 5 nitrogen and oxygen atoms in total. The van der Waals surface area contributed by atoms with E-state index in [0.717, 1.165) is 27.5 Å². The second-order valence-electron chi connectivity index (χ2n) is 8.20. The van der Waals surface area contributed by atoms with Crippen LogP contribution in [0.5, 0.6) is 0 Å². The van der Waals surface area contributed by atoms with Crippen LogP contribution in [-0.2, 0) is 5.41 Å². The van der Waals surface area contributed by atoms with Gasteiger partial charge in [-0.3, -0.25) is 9.59 Å². The van der Waals surface area contributed by atoms with Crippen LogP contribution >= 0.6 is 0 Å². The minimum atomic E-state index is -0.416. The lowest BCUT2D eigenvalue weighted by atomic mass is 9.85. The number of rotatable bonds is 2. The highest BCUT2D eigenvalue weighted by atomic mass is 16.2. The number of hydrogen-bond acceptors (Lipinski definition) is 2. The Kier molecular flexibility index (Phi) is 4.11. The van der Waals surface area contributed by atoms with Gasteiger partial charge in [0.25, 0.3) is 5.91 Å². The lowest BCUT2D eigenvalue weighted by Crippen LogP contribution is -2.24. The van der Waals surface area contributed by atoms with Crippen molar-refractivity contribution in [2.75, 3.05) is 5.32 Å². The van der Waals surface area contributed by atoms with E-state index in [4.69, 9.17) is 0 Å². The van der Waals surface area contributed by atoms with Crippen molar-refractivity contribution in [3.8, 4) is 0 Å². The van der Waals surface area contributed by atoms with Gasteiger partial charge in [-0.15, -0.1) is 0 Å². The number of nitrogens with one attached hydrogen (secondary N) is 3. The fourth-order valence-corrected chi connectivity index (χ4v) is 3.59. The van der Waals surface area contributed by atoms with Gasteiger partial charge in [-0.2, -0.15) is 0 Å². The molecular weight excluding hydrogens is 350 g/mol. The highest BCUT2D eigenvalue weighted by Gasteiger charge is 2.22. The Morgan fingerprint density at radius 2 is 1.86 bits per heavy atom. The number of H-pyrrole nitrogens is 2. The summed E-state index contributed by atoms with van der Waals surface area (Å²) in [6.07, 6.45) is 3.37. The molecule has 4 aromatic rings. The number of aromatic amines is 2. The summed E-state index contributed by atoms with van der Waals surface area (Å²) in [5, 5.41) is 4.56. The van der Waals surface area contributed by atoms with Crippen LogP contribution in [0.4, 0.5) is 5.69 Å². The molecule has 0 unspecified atom stereocenters. The monoisotopic (exact) mass is 373 g/mol. The Morgan fingerprint density at radius 1 is 1.07 bits per heavy atom. The number of benzene rings is 2. The van der Waals surface area contributed by atoms with E-state index in [-0.39, 0.29) is 16.4 Å². The summed E-state index contributed by atoms with van der Waals surface area (Å²) >= 11 is 0. The Labute approximate surface area is 162 Å². The zero-order valence-corrected chi connectivity index (χ0v) is 16.4. The summed E-state index contributed by atoms with van der Waals surface area (Å²) in [5.41, 5.74) is 4.04. The summed E-state index contributed by atoms with van der Waals surface area (Å²) in [6.45, 7) is 8.23. The maximum absolute atomic E-state index is 13.0. The third-order valence-corrected chi connectivity index (χ3v) is 5.12. The van der Waals surface area contributed by atoms with Gasteiger partial charge in [-0.25, -0.2) is 0 Å². The maximum atomic E-state index is 13.0. The molecule has 0 bridgehead atoms. The average molecular weight is 373 g/mol. The van der Waals surface area contributed by atoms with Crippen LogP contribution in [-0.4, -0.2) is 15.9 Å². The average Bonchev–Trinajstić information content (AvgIpc) is 3.08. The summed E-state index contributed by atoms with van der Waals surface area (Å²) in [5.74, 6) is -0.416. The van der Waals surface area contributed by atoms with Gasteiger partial charge in [0.15, 0.2) is 0 Å². The molecular formula is C23H23N3O2. The molecule has 0 fully saturated rings. The maximum Gasteiger partial charge on any atom is 0.261 e. The molecule has 0 saturated carbocycles. The Morgan fingerprint density at radius 3 is 2.61 bits per heavy atom. The Bertz CT molecular complexity index is 1270. The van der Waals surface area contributed by atoms with Gasteiger partial charge in [0.1, 0.15) is 5.56 Å². The van der Waals surface area contributed by atoms with E-state index in [9.17, 15) is 9.59 Å². The van der Waals surface area contributed by atoms with Gasteiger partial charge in [0, 0.05) is 29.0 Å². The lowest BCUT2D eigenvalue weighted by molar-refractivity contribution is 0.102. The zero-order valence-electron chi connectivity index (χ0n) is 16.4. The number of para-hydroxylation sites is 1. The van der Waals surface area contributed by atoms with Crippen LogP contribution in [0, 0.1) is 6.92 Å². The number of carbonyl (C=O) groups is 1. The Hall–Kier alpha value is -3.34. The normalized spacial score (nSPS) is 11.9. The van der Waals surface area contributed by atoms with Crippen molar-refractivity contribution in [2.24, 2.45) is 0 Å². The highest BCUT2D eigenvalue weighted by Crippen LogP contribution is 2.33. The van der Waals surface area contributed by atoms with Gasteiger partial charge in [0.05, 0.1) is 5.52 Å². The molecule has 4 rings (SSSR count). The minimum absolute atomic E-state index is 0.101. The van der Waals surface area contributed by atoms with Crippen molar-refractivity contribution >= 4 is 33.4 Å². The highest BCUT2D eigenvalue weighted by molar-refractivity contribution is 6.07. The fourth-order valence-electron chi connectivity index (χ4n) is 3.59. The van der Waals surface area contributed by atoms with E-state index < -0.39 is 5.91 Å². The van der Waals surface area contributed by atoms with Gasteiger partial charge >= 0.3 is 0 Å². The third kappa shape index (κ3) is 2.99. The van der Waals surface area contributed by atoms with E-state index >= 15 is 0 Å². The lowest BCUT2D eigenvalue weighted by Gasteiger charge is -2.23. The molecule has 0 aliphatic carbocycles. The molecule has 0 atom stereocenters. The number of amides is 1. The number of hydrogen-bond donors (Lipinski definition) is 3. The van der Waals surface area contributed by atoms with Crippen LogP contribution < -0.4 is 10.7 Å². The second kappa shape index (κ2) is 6.37. The molecule has 0 radical (unpaired) electrons. The largest absolute Gasteiger partial charge is 0.361 e. The van der Waals surface area contributed by atoms with E-state index in [1.165, 1.54) is 6.20 Å². The first kappa shape index (κ1) is 18.0. The number of fused-ring (bicyclic) bond motifs is 2. The van der Waals surface area contributed by atoms with Gasteiger partial charge < -0.3 is 15.3 Å². The van der Waals surface area contributed by atoms with Gasteiger partial charge in [-0.1, -0.05) is 32.9 Å². The minimum Gasteiger partial charge on any atom is -0.361 e. The Balaban J connectivity index is 1.80. The number of anilines is 1. The number of aromatic nitrogens is 2. The van der Waals surface area contributed by atoms with Crippen LogP contribution in [0.3, 0.4) is 0 Å². The molecule has 3 N–H and O–H groups in total. The van der Waals surface area contributed by atoms with Crippen molar-refractivity contribution in [1.29, 1.82) is 0 Å². The number of aryl methyl sites for hydroxylation is 1. The second-order valence-corrected chi connectivity index (χ2v) is 8.20. The SMILES string of the molecule is Cc1cccc2c(=O)c(C(=O)Nc3cc4[nH]ccc4cc3C(C)(C)C)c[nH]c12. The number of carbonyl (C=O) groups excluding carboxylic acids is 1. The molecule has 0 spiro atoms. The van der Waals surface area contributed by atoms with E-state index in [2.05, 4.69) is 42.1 Å².